The standard InChI is InChI=1S/C11H14ClNO2/c1-7-4-3-5-9(10(7)12)11(15)13-8(2)6-14/h3-5,8,14H,6H2,1-2H3,(H,13,15)/t8-/m0/s1. The third-order valence-electron chi connectivity index (χ3n) is 2.09. The molecule has 0 fully saturated rings. The second-order valence-corrected chi connectivity index (χ2v) is 3.87. The van der Waals surface area contributed by atoms with Crippen molar-refractivity contribution < 1.29 is 9.90 Å². The van der Waals surface area contributed by atoms with E-state index in [1.54, 1.807) is 19.1 Å². The lowest BCUT2D eigenvalue weighted by Gasteiger charge is -2.12. The number of carbonyl (C=O) groups excluding carboxylic acids is 1. The van der Waals surface area contributed by atoms with Crippen LogP contribution in [0.2, 0.25) is 5.02 Å². The summed E-state index contributed by atoms with van der Waals surface area (Å²) in [6.07, 6.45) is 0. The van der Waals surface area contributed by atoms with Gasteiger partial charge in [-0.15, -0.1) is 0 Å². The molecule has 15 heavy (non-hydrogen) atoms. The number of halogens is 1. The Kier molecular flexibility index (Phi) is 4.12. The Hall–Kier alpha value is -1.06. The Morgan fingerprint density at radius 3 is 2.87 bits per heavy atom. The fourth-order valence-corrected chi connectivity index (χ4v) is 1.38. The molecule has 0 spiro atoms. The van der Waals surface area contributed by atoms with Gasteiger partial charge in [0.25, 0.3) is 5.91 Å². The highest BCUT2D eigenvalue weighted by molar-refractivity contribution is 6.34. The van der Waals surface area contributed by atoms with Gasteiger partial charge in [0.1, 0.15) is 0 Å². The van der Waals surface area contributed by atoms with Gasteiger partial charge in [0, 0.05) is 6.04 Å². The molecule has 3 nitrogen and oxygen atoms in total. The van der Waals surface area contributed by atoms with Crippen molar-refractivity contribution in [3.63, 3.8) is 0 Å². The molecule has 0 aliphatic rings. The molecule has 1 atom stereocenters. The number of benzene rings is 1. The largest absolute Gasteiger partial charge is 0.394 e. The number of rotatable bonds is 3. The molecule has 0 radical (unpaired) electrons. The van der Waals surface area contributed by atoms with Crippen LogP contribution >= 0.6 is 11.6 Å². The van der Waals surface area contributed by atoms with Crippen molar-refractivity contribution in [1.82, 2.24) is 5.32 Å². The Morgan fingerprint density at radius 1 is 1.60 bits per heavy atom. The number of hydrogen-bond acceptors (Lipinski definition) is 2. The van der Waals surface area contributed by atoms with Crippen molar-refractivity contribution >= 4 is 17.5 Å². The van der Waals surface area contributed by atoms with E-state index >= 15 is 0 Å². The van der Waals surface area contributed by atoms with E-state index in [9.17, 15) is 4.79 Å². The maximum atomic E-state index is 11.7. The molecule has 0 aliphatic heterocycles. The van der Waals surface area contributed by atoms with E-state index in [-0.39, 0.29) is 18.6 Å². The van der Waals surface area contributed by atoms with Crippen LogP contribution in [-0.4, -0.2) is 23.7 Å². The molecule has 1 rings (SSSR count). The molecule has 1 aromatic rings. The van der Waals surface area contributed by atoms with Crippen LogP contribution in [0, 0.1) is 6.92 Å². The highest BCUT2D eigenvalue weighted by Gasteiger charge is 2.13. The lowest BCUT2D eigenvalue weighted by atomic mass is 10.1. The fraction of sp³-hybridized carbons (Fsp3) is 0.364. The average Bonchev–Trinajstić information content (AvgIpc) is 2.21. The summed E-state index contributed by atoms with van der Waals surface area (Å²) in [6, 6.07) is 5.01. The van der Waals surface area contributed by atoms with Crippen molar-refractivity contribution in [3.8, 4) is 0 Å². The topological polar surface area (TPSA) is 49.3 Å². The van der Waals surface area contributed by atoms with E-state index in [2.05, 4.69) is 5.32 Å². The monoisotopic (exact) mass is 227 g/mol. The molecule has 82 valence electrons. The highest BCUT2D eigenvalue weighted by Crippen LogP contribution is 2.20. The summed E-state index contributed by atoms with van der Waals surface area (Å²) in [7, 11) is 0. The number of aliphatic hydroxyl groups excluding tert-OH is 1. The normalized spacial score (nSPS) is 12.3. The van der Waals surface area contributed by atoms with Gasteiger partial charge in [0.2, 0.25) is 0 Å². The number of hydrogen-bond donors (Lipinski definition) is 2. The van der Waals surface area contributed by atoms with Crippen LogP contribution in [0.4, 0.5) is 0 Å². The van der Waals surface area contributed by atoms with E-state index in [0.29, 0.717) is 10.6 Å². The van der Waals surface area contributed by atoms with E-state index in [1.807, 2.05) is 13.0 Å². The molecule has 1 amide bonds. The SMILES string of the molecule is Cc1cccc(C(=O)N[C@@H](C)CO)c1Cl. The molecule has 0 heterocycles. The summed E-state index contributed by atoms with van der Waals surface area (Å²) >= 11 is 5.99. The second-order valence-electron chi connectivity index (χ2n) is 3.49. The van der Waals surface area contributed by atoms with Crippen LogP contribution in [0.15, 0.2) is 18.2 Å². The fourth-order valence-electron chi connectivity index (χ4n) is 1.17. The molecule has 4 heteroatoms. The van der Waals surface area contributed by atoms with Crippen molar-refractivity contribution in [2.45, 2.75) is 19.9 Å². The molecule has 1 aromatic carbocycles. The first-order valence-electron chi connectivity index (χ1n) is 4.73. The summed E-state index contributed by atoms with van der Waals surface area (Å²) in [5, 5.41) is 11.9. The minimum absolute atomic E-state index is 0.0881. The Bertz CT molecular complexity index is 366. The molecule has 2 N–H and O–H groups in total. The van der Waals surface area contributed by atoms with Crippen LogP contribution in [0.1, 0.15) is 22.8 Å². The smallest absolute Gasteiger partial charge is 0.253 e. The van der Waals surface area contributed by atoms with E-state index in [0.717, 1.165) is 5.56 Å². The second kappa shape index (κ2) is 5.14. The molecule has 0 bridgehead atoms. The Morgan fingerprint density at radius 2 is 2.27 bits per heavy atom. The predicted octanol–water partition coefficient (Wildman–Crippen LogP) is 1.76. The lowest BCUT2D eigenvalue weighted by Crippen LogP contribution is -2.35. The summed E-state index contributed by atoms with van der Waals surface area (Å²) in [4.78, 5) is 11.7. The summed E-state index contributed by atoms with van der Waals surface area (Å²) in [6.45, 7) is 3.48. The van der Waals surface area contributed by atoms with E-state index < -0.39 is 0 Å². The van der Waals surface area contributed by atoms with Gasteiger partial charge in [-0.25, -0.2) is 0 Å². The first-order valence-corrected chi connectivity index (χ1v) is 5.11. The molecular weight excluding hydrogens is 214 g/mol. The van der Waals surface area contributed by atoms with Gasteiger partial charge in [-0.05, 0) is 25.5 Å². The molecule has 0 aromatic heterocycles. The number of carbonyl (C=O) groups is 1. The number of nitrogens with one attached hydrogen (secondary N) is 1. The highest BCUT2D eigenvalue weighted by atomic mass is 35.5. The van der Waals surface area contributed by atoms with Gasteiger partial charge in [0.15, 0.2) is 0 Å². The molecule has 0 aliphatic carbocycles. The van der Waals surface area contributed by atoms with Gasteiger partial charge in [-0.1, -0.05) is 23.7 Å². The first kappa shape index (κ1) is 12.0. The van der Waals surface area contributed by atoms with Gasteiger partial charge in [-0.3, -0.25) is 4.79 Å². The molecule has 0 saturated heterocycles. The van der Waals surface area contributed by atoms with Crippen LogP contribution in [-0.2, 0) is 0 Å². The van der Waals surface area contributed by atoms with Crippen LogP contribution in [0.3, 0.4) is 0 Å². The maximum Gasteiger partial charge on any atom is 0.253 e. The first-order chi connectivity index (χ1) is 7.06. The predicted molar refractivity (Wildman–Crippen MR) is 60.2 cm³/mol. The lowest BCUT2D eigenvalue weighted by molar-refractivity contribution is 0.0922. The van der Waals surface area contributed by atoms with Crippen LogP contribution in [0.25, 0.3) is 0 Å². The number of aryl methyl sites for hydroxylation is 1. The molecular formula is C11H14ClNO2. The Balaban J connectivity index is 2.87. The zero-order valence-electron chi connectivity index (χ0n) is 8.75. The number of aliphatic hydroxyl groups is 1. The Labute approximate surface area is 94.1 Å². The van der Waals surface area contributed by atoms with Crippen molar-refractivity contribution in [2.24, 2.45) is 0 Å². The number of amides is 1. The maximum absolute atomic E-state index is 11.7. The summed E-state index contributed by atoms with van der Waals surface area (Å²) in [5.74, 6) is -0.259. The third kappa shape index (κ3) is 2.94. The summed E-state index contributed by atoms with van der Waals surface area (Å²) in [5.41, 5.74) is 1.30. The van der Waals surface area contributed by atoms with E-state index in [4.69, 9.17) is 16.7 Å². The van der Waals surface area contributed by atoms with Gasteiger partial charge in [0.05, 0.1) is 17.2 Å². The van der Waals surface area contributed by atoms with Gasteiger partial charge < -0.3 is 10.4 Å². The minimum atomic E-state index is -0.269. The summed E-state index contributed by atoms with van der Waals surface area (Å²) < 4.78 is 0. The van der Waals surface area contributed by atoms with Crippen molar-refractivity contribution in [1.29, 1.82) is 0 Å². The van der Waals surface area contributed by atoms with E-state index in [1.165, 1.54) is 0 Å². The molecule has 0 saturated carbocycles. The minimum Gasteiger partial charge on any atom is -0.394 e. The van der Waals surface area contributed by atoms with Crippen LogP contribution in [0.5, 0.6) is 0 Å². The zero-order chi connectivity index (χ0) is 11.4. The van der Waals surface area contributed by atoms with Crippen molar-refractivity contribution in [3.05, 3.63) is 34.3 Å². The van der Waals surface area contributed by atoms with Crippen molar-refractivity contribution in [2.75, 3.05) is 6.61 Å². The average molecular weight is 228 g/mol. The van der Waals surface area contributed by atoms with Crippen LogP contribution < -0.4 is 5.32 Å². The van der Waals surface area contributed by atoms with Gasteiger partial charge >= 0.3 is 0 Å². The third-order valence-corrected chi connectivity index (χ3v) is 2.59. The molecule has 0 unspecified atom stereocenters. The quantitative estimate of drug-likeness (QED) is 0.827. The van der Waals surface area contributed by atoms with Gasteiger partial charge in [-0.2, -0.15) is 0 Å². The zero-order valence-corrected chi connectivity index (χ0v) is 9.51.